The molecule has 5 nitrogen and oxygen atoms in total. The molecule has 5 heteroatoms. The number of ether oxygens (including phenoxy) is 1. The Morgan fingerprint density at radius 2 is 2.33 bits per heavy atom. The summed E-state index contributed by atoms with van der Waals surface area (Å²) in [7, 11) is 0. The lowest BCUT2D eigenvalue weighted by Crippen LogP contribution is -2.31. The van der Waals surface area contributed by atoms with Gasteiger partial charge in [0.15, 0.2) is 0 Å². The molecule has 15 heavy (non-hydrogen) atoms. The monoisotopic (exact) mass is 211 g/mol. The van der Waals surface area contributed by atoms with E-state index in [1.807, 2.05) is 20.8 Å². The van der Waals surface area contributed by atoms with Gasteiger partial charge in [-0.05, 0) is 20.8 Å². The molecule has 0 spiro atoms. The van der Waals surface area contributed by atoms with E-state index in [1.54, 1.807) is 12.4 Å². The molecule has 0 saturated carbocycles. The maximum atomic E-state index is 11.4. The molecule has 0 aliphatic heterocycles. The highest BCUT2D eigenvalue weighted by Gasteiger charge is 2.11. The van der Waals surface area contributed by atoms with E-state index in [9.17, 15) is 4.79 Å². The van der Waals surface area contributed by atoms with Crippen LogP contribution in [0.15, 0.2) is 12.4 Å². The first-order valence-corrected chi connectivity index (χ1v) is 5.00. The number of H-pyrrole nitrogens is 1. The third-order valence-corrected chi connectivity index (χ3v) is 1.85. The summed E-state index contributed by atoms with van der Waals surface area (Å²) < 4.78 is 5.18. The first-order valence-electron chi connectivity index (χ1n) is 5.00. The van der Waals surface area contributed by atoms with Crippen LogP contribution in [0.3, 0.4) is 0 Å². The van der Waals surface area contributed by atoms with Crippen molar-refractivity contribution in [3.05, 3.63) is 18.2 Å². The van der Waals surface area contributed by atoms with Gasteiger partial charge in [0, 0.05) is 12.4 Å². The van der Waals surface area contributed by atoms with Crippen LogP contribution in [0.1, 0.15) is 32.6 Å². The zero-order chi connectivity index (χ0) is 11.3. The van der Waals surface area contributed by atoms with Crippen LogP contribution in [0.4, 0.5) is 0 Å². The number of hydrogen-bond acceptors (Lipinski definition) is 3. The number of imidazole rings is 1. The highest BCUT2D eigenvalue weighted by atomic mass is 16.5. The fourth-order valence-electron chi connectivity index (χ4n) is 1.11. The van der Waals surface area contributed by atoms with Gasteiger partial charge in [-0.1, -0.05) is 0 Å². The Balaban J connectivity index is 2.32. The molecule has 1 aromatic rings. The minimum Gasteiger partial charge on any atom is -0.369 e. The van der Waals surface area contributed by atoms with Crippen molar-refractivity contribution < 1.29 is 9.53 Å². The topological polar surface area (TPSA) is 67.0 Å². The average Bonchev–Trinajstić information content (AvgIpc) is 2.67. The molecule has 0 aromatic carbocycles. The highest BCUT2D eigenvalue weighted by Crippen LogP contribution is 2.04. The van der Waals surface area contributed by atoms with Crippen LogP contribution < -0.4 is 5.32 Å². The van der Waals surface area contributed by atoms with Gasteiger partial charge in [-0.15, -0.1) is 0 Å². The predicted molar refractivity (Wildman–Crippen MR) is 56.2 cm³/mol. The Kier molecular flexibility index (Phi) is 4.30. The largest absolute Gasteiger partial charge is 0.369 e. The van der Waals surface area contributed by atoms with Gasteiger partial charge in [-0.2, -0.15) is 0 Å². The summed E-state index contributed by atoms with van der Waals surface area (Å²) >= 11 is 0. The Morgan fingerprint density at radius 3 is 2.87 bits per heavy atom. The van der Waals surface area contributed by atoms with E-state index in [2.05, 4.69) is 15.3 Å². The van der Waals surface area contributed by atoms with Crippen LogP contribution >= 0.6 is 0 Å². The normalized spacial score (nSPS) is 12.8. The van der Waals surface area contributed by atoms with Crippen molar-refractivity contribution in [1.29, 1.82) is 0 Å². The van der Waals surface area contributed by atoms with Gasteiger partial charge in [0.05, 0.1) is 12.1 Å². The second-order valence-electron chi connectivity index (χ2n) is 3.62. The highest BCUT2D eigenvalue weighted by molar-refractivity contribution is 5.77. The number of hydrogen-bond donors (Lipinski definition) is 2. The molecule has 2 N–H and O–H groups in total. The molecule has 0 saturated heterocycles. The molecule has 0 radical (unpaired) electrons. The second kappa shape index (κ2) is 5.50. The SMILES string of the molecule is CC(C)OCC(=O)NC(C)c1ncc[nH]1. The van der Waals surface area contributed by atoms with Crippen molar-refractivity contribution in [3.8, 4) is 0 Å². The van der Waals surface area contributed by atoms with Crippen molar-refractivity contribution in [2.24, 2.45) is 0 Å². The van der Waals surface area contributed by atoms with Gasteiger partial charge in [-0.25, -0.2) is 4.98 Å². The van der Waals surface area contributed by atoms with E-state index >= 15 is 0 Å². The molecule has 1 amide bonds. The molecule has 0 aliphatic carbocycles. The molecule has 1 rings (SSSR count). The lowest BCUT2D eigenvalue weighted by atomic mass is 10.3. The minimum atomic E-state index is -0.132. The van der Waals surface area contributed by atoms with Gasteiger partial charge < -0.3 is 15.0 Å². The molecular formula is C10H17N3O2. The van der Waals surface area contributed by atoms with Crippen molar-refractivity contribution in [1.82, 2.24) is 15.3 Å². The maximum absolute atomic E-state index is 11.4. The van der Waals surface area contributed by atoms with Crippen molar-refractivity contribution in [2.75, 3.05) is 6.61 Å². The number of aromatic nitrogens is 2. The standard InChI is InChI=1S/C10H17N3O2/c1-7(2)15-6-9(14)13-8(3)10-11-4-5-12-10/h4-5,7-8H,6H2,1-3H3,(H,11,12)(H,13,14). The van der Waals surface area contributed by atoms with Gasteiger partial charge >= 0.3 is 0 Å². The molecule has 0 aliphatic rings. The number of rotatable bonds is 5. The first kappa shape index (κ1) is 11.7. The Bertz CT molecular complexity index is 296. The fourth-order valence-corrected chi connectivity index (χ4v) is 1.11. The Morgan fingerprint density at radius 1 is 1.60 bits per heavy atom. The van der Waals surface area contributed by atoms with E-state index < -0.39 is 0 Å². The Hall–Kier alpha value is -1.36. The number of nitrogens with one attached hydrogen (secondary N) is 2. The molecule has 1 heterocycles. The molecule has 0 fully saturated rings. The van der Waals surface area contributed by atoms with E-state index in [-0.39, 0.29) is 24.7 Å². The number of aromatic amines is 1. The number of amides is 1. The van der Waals surface area contributed by atoms with Crippen molar-refractivity contribution >= 4 is 5.91 Å². The quantitative estimate of drug-likeness (QED) is 0.764. The molecular weight excluding hydrogens is 194 g/mol. The zero-order valence-electron chi connectivity index (χ0n) is 9.28. The fraction of sp³-hybridized carbons (Fsp3) is 0.600. The molecule has 1 atom stereocenters. The van der Waals surface area contributed by atoms with Crippen molar-refractivity contribution in [3.63, 3.8) is 0 Å². The van der Waals surface area contributed by atoms with Crippen LogP contribution in [0.5, 0.6) is 0 Å². The lowest BCUT2D eigenvalue weighted by Gasteiger charge is -2.12. The van der Waals surface area contributed by atoms with Gasteiger partial charge in [0.25, 0.3) is 0 Å². The van der Waals surface area contributed by atoms with Crippen LogP contribution in [-0.4, -0.2) is 28.6 Å². The van der Waals surface area contributed by atoms with E-state index in [0.29, 0.717) is 0 Å². The van der Waals surface area contributed by atoms with E-state index in [4.69, 9.17) is 4.74 Å². The molecule has 84 valence electrons. The Labute approximate surface area is 89.2 Å². The van der Waals surface area contributed by atoms with Crippen LogP contribution in [0.2, 0.25) is 0 Å². The summed E-state index contributed by atoms with van der Waals surface area (Å²) in [6, 6.07) is -0.122. The average molecular weight is 211 g/mol. The second-order valence-corrected chi connectivity index (χ2v) is 3.62. The zero-order valence-corrected chi connectivity index (χ0v) is 9.28. The first-order chi connectivity index (χ1) is 7.09. The van der Waals surface area contributed by atoms with E-state index in [0.717, 1.165) is 5.82 Å². The van der Waals surface area contributed by atoms with Gasteiger partial charge in [0.2, 0.25) is 5.91 Å². The van der Waals surface area contributed by atoms with Crippen LogP contribution in [-0.2, 0) is 9.53 Å². The van der Waals surface area contributed by atoms with Crippen LogP contribution in [0, 0.1) is 0 Å². The number of nitrogens with zero attached hydrogens (tertiary/aromatic N) is 1. The summed E-state index contributed by atoms with van der Waals surface area (Å²) in [5, 5.41) is 2.78. The summed E-state index contributed by atoms with van der Waals surface area (Å²) in [6.07, 6.45) is 3.44. The molecule has 1 aromatic heterocycles. The van der Waals surface area contributed by atoms with Crippen molar-refractivity contribution in [2.45, 2.75) is 32.9 Å². The summed E-state index contributed by atoms with van der Waals surface area (Å²) in [5.41, 5.74) is 0. The van der Waals surface area contributed by atoms with E-state index in [1.165, 1.54) is 0 Å². The minimum absolute atomic E-state index is 0.0645. The van der Waals surface area contributed by atoms with Gasteiger partial charge in [-0.3, -0.25) is 4.79 Å². The maximum Gasteiger partial charge on any atom is 0.246 e. The summed E-state index contributed by atoms with van der Waals surface area (Å²) in [4.78, 5) is 18.4. The van der Waals surface area contributed by atoms with Gasteiger partial charge in [0.1, 0.15) is 12.4 Å². The third-order valence-electron chi connectivity index (χ3n) is 1.85. The summed E-state index contributed by atoms with van der Waals surface area (Å²) in [5.74, 6) is 0.612. The smallest absolute Gasteiger partial charge is 0.246 e. The third kappa shape index (κ3) is 4.12. The molecule has 1 unspecified atom stereocenters. The number of carbonyl (C=O) groups excluding carboxylic acids is 1. The number of carbonyl (C=O) groups is 1. The van der Waals surface area contributed by atoms with Crippen LogP contribution in [0.25, 0.3) is 0 Å². The summed E-state index contributed by atoms with van der Waals surface area (Å²) in [6.45, 7) is 5.74. The lowest BCUT2D eigenvalue weighted by molar-refractivity contribution is -0.127. The predicted octanol–water partition coefficient (Wildman–Crippen LogP) is 1.01. The molecule has 0 bridgehead atoms.